The Kier molecular flexibility index (Phi) is 3.78. The number of piperidine rings is 1. The van der Waals surface area contributed by atoms with Gasteiger partial charge in [0.1, 0.15) is 0 Å². The van der Waals surface area contributed by atoms with Crippen LogP contribution in [0.2, 0.25) is 0 Å². The monoisotopic (exact) mass is 296 g/mol. The maximum Gasteiger partial charge on any atom is 0.229 e. The highest BCUT2D eigenvalue weighted by Gasteiger charge is 2.24. The molecule has 1 aliphatic heterocycles. The zero-order chi connectivity index (χ0) is 12.3. The molecule has 0 aromatic heterocycles. The molecule has 0 bridgehead atoms. The maximum absolute atomic E-state index is 11.9. The zero-order valence-electron chi connectivity index (χ0n) is 9.20. The predicted octanol–water partition coefficient (Wildman–Crippen LogP) is 1.91. The number of nitrogens with one attached hydrogen (secondary N) is 2. The van der Waals surface area contributed by atoms with Gasteiger partial charge in [0, 0.05) is 17.4 Å². The standard InChI is InChI=1S/C12H13BrN2O2/c13-9-3-1-2-4-10(9)15-12(17)8-5-6-11(16)14-7-8/h1-4,8H,5-7H2,(H,14,16)(H,15,17). The summed E-state index contributed by atoms with van der Waals surface area (Å²) in [6.07, 6.45) is 1.04. The summed E-state index contributed by atoms with van der Waals surface area (Å²) in [5.74, 6) is -0.161. The molecular weight excluding hydrogens is 284 g/mol. The Morgan fingerprint density at radius 1 is 1.41 bits per heavy atom. The maximum atomic E-state index is 11.9. The van der Waals surface area contributed by atoms with E-state index in [0.29, 0.717) is 19.4 Å². The lowest BCUT2D eigenvalue weighted by atomic mass is 9.98. The van der Waals surface area contributed by atoms with E-state index >= 15 is 0 Å². The second-order valence-electron chi connectivity index (χ2n) is 4.01. The number of carbonyl (C=O) groups is 2. The largest absolute Gasteiger partial charge is 0.355 e. The van der Waals surface area contributed by atoms with Gasteiger partial charge in [-0.25, -0.2) is 0 Å². The Bertz CT molecular complexity index is 438. The predicted molar refractivity (Wildman–Crippen MR) is 68.5 cm³/mol. The fourth-order valence-corrected chi connectivity index (χ4v) is 2.14. The first-order chi connectivity index (χ1) is 8.16. The van der Waals surface area contributed by atoms with Gasteiger partial charge in [-0.2, -0.15) is 0 Å². The van der Waals surface area contributed by atoms with Crippen molar-refractivity contribution >= 4 is 33.4 Å². The molecule has 0 spiro atoms. The highest BCUT2D eigenvalue weighted by molar-refractivity contribution is 9.10. The summed E-state index contributed by atoms with van der Waals surface area (Å²) in [4.78, 5) is 22.9. The van der Waals surface area contributed by atoms with Gasteiger partial charge in [-0.15, -0.1) is 0 Å². The summed E-state index contributed by atoms with van der Waals surface area (Å²) < 4.78 is 0.855. The Labute approximate surface area is 108 Å². The Hall–Kier alpha value is -1.36. The van der Waals surface area contributed by atoms with Gasteiger partial charge in [0.25, 0.3) is 0 Å². The van der Waals surface area contributed by atoms with Crippen LogP contribution in [0.25, 0.3) is 0 Å². The number of rotatable bonds is 2. The molecule has 5 heteroatoms. The van der Waals surface area contributed by atoms with Crippen LogP contribution in [0.4, 0.5) is 5.69 Å². The van der Waals surface area contributed by atoms with E-state index in [0.717, 1.165) is 10.2 Å². The van der Waals surface area contributed by atoms with E-state index in [2.05, 4.69) is 26.6 Å². The molecule has 1 fully saturated rings. The number of anilines is 1. The third-order valence-corrected chi connectivity index (χ3v) is 3.46. The van der Waals surface area contributed by atoms with E-state index in [1.165, 1.54) is 0 Å². The quantitative estimate of drug-likeness (QED) is 0.876. The Balaban J connectivity index is 1.98. The van der Waals surface area contributed by atoms with Gasteiger partial charge in [-0.3, -0.25) is 9.59 Å². The van der Waals surface area contributed by atoms with Crippen LogP contribution < -0.4 is 10.6 Å². The van der Waals surface area contributed by atoms with Crippen LogP contribution in [0, 0.1) is 5.92 Å². The van der Waals surface area contributed by atoms with Crippen molar-refractivity contribution in [1.82, 2.24) is 5.32 Å². The third-order valence-electron chi connectivity index (χ3n) is 2.77. The van der Waals surface area contributed by atoms with Crippen LogP contribution in [0.1, 0.15) is 12.8 Å². The smallest absolute Gasteiger partial charge is 0.229 e. The van der Waals surface area contributed by atoms with Crippen LogP contribution in [-0.2, 0) is 9.59 Å². The minimum Gasteiger partial charge on any atom is -0.355 e. The van der Waals surface area contributed by atoms with Crippen molar-refractivity contribution in [2.24, 2.45) is 5.92 Å². The van der Waals surface area contributed by atoms with Gasteiger partial charge in [-0.1, -0.05) is 12.1 Å². The van der Waals surface area contributed by atoms with Crippen LogP contribution in [0.15, 0.2) is 28.7 Å². The minimum absolute atomic E-state index is 0.0231. The van der Waals surface area contributed by atoms with Crippen molar-refractivity contribution in [1.29, 1.82) is 0 Å². The van der Waals surface area contributed by atoms with Gasteiger partial charge in [0.05, 0.1) is 11.6 Å². The van der Waals surface area contributed by atoms with E-state index in [1.807, 2.05) is 24.3 Å². The minimum atomic E-state index is -0.139. The molecule has 1 saturated heterocycles. The fraction of sp³-hybridized carbons (Fsp3) is 0.333. The summed E-state index contributed by atoms with van der Waals surface area (Å²) >= 11 is 3.37. The molecule has 2 N–H and O–H groups in total. The number of para-hydroxylation sites is 1. The second-order valence-corrected chi connectivity index (χ2v) is 4.86. The number of carbonyl (C=O) groups excluding carboxylic acids is 2. The number of hydrogen-bond acceptors (Lipinski definition) is 2. The first-order valence-corrected chi connectivity index (χ1v) is 6.28. The SMILES string of the molecule is O=C1CCC(C(=O)Nc2ccccc2Br)CN1. The van der Waals surface area contributed by atoms with Crippen molar-refractivity contribution in [2.45, 2.75) is 12.8 Å². The zero-order valence-corrected chi connectivity index (χ0v) is 10.8. The lowest BCUT2D eigenvalue weighted by Crippen LogP contribution is -2.40. The van der Waals surface area contributed by atoms with Crippen LogP contribution in [-0.4, -0.2) is 18.4 Å². The lowest BCUT2D eigenvalue weighted by molar-refractivity contribution is -0.126. The molecule has 0 saturated carbocycles. The van der Waals surface area contributed by atoms with Crippen LogP contribution in [0.3, 0.4) is 0 Å². The average Bonchev–Trinajstić information content (AvgIpc) is 2.33. The molecule has 2 amide bonds. The Morgan fingerprint density at radius 3 is 2.82 bits per heavy atom. The molecular formula is C12H13BrN2O2. The first-order valence-electron chi connectivity index (χ1n) is 5.49. The lowest BCUT2D eigenvalue weighted by Gasteiger charge is -2.21. The molecule has 4 nitrogen and oxygen atoms in total. The highest BCUT2D eigenvalue weighted by Crippen LogP contribution is 2.22. The fourth-order valence-electron chi connectivity index (χ4n) is 1.75. The number of amides is 2. The molecule has 17 heavy (non-hydrogen) atoms. The average molecular weight is 297 g/mol. The van der Waals surface area contributed by atoms with E-state index in [1.54, 1.807) is 0 Å². The normalized spacial score (nSPS) is 19.6. The van der Waals surface area contributed by atoms with Crippen LogP contribution >= 0.6 is 15.9 Å². The second kappa shape index (κ2) is 5.31. The number of benzene rings is 1. The van der Waals surface area contributed by atoms with Crippen molar-refractivity contribution in [3.8, 4) is 0 Å². The van der Waals surface area contributed by atoms with E-state index in [-0.39, 0.29) is 17.7 Å². The molecule has 1 atom stereocenters. The summed E-state index contributed by atoms with van der Waals surface area (Å²) in [6.45, 7) is 0.426. The molecule has 1 aromatic carbocycles. The molecule has 1 unspecified atom stereocenters. The molecule has 2 rings (SSSR count). The molecule has 0 radical (unpaired) electrons. The van der Waals surface area contributed by atoms with Crippen molar-refractivity contribution in [2.75, 3.05) is 11.9 Å². The van der Waals surface area contributed by atoms with E-state index in [9.17, 15) is 9.59 Å². The molecule has 1 heterocycles. The van der Waals surface area contributed by atoms with Crippen molar-refractivity contribution in [3.05, 3.63) is 28.7 Å². The van der Waals surface area contributed by atoms with E-state index < -0.39 is 0 Å². The Morgan fingerprint density at radius 2 is 2.18 bits per heavy atom. The summed E-state index contributed by atoms with van der Waals surface area (Å²) in [5, 5.41) is 5.56. The summed E-state index contributed by atoms with van der Waals surface area (Å²) in [5.41, 5.74) is 0.759. The van der Waals surface area contributed by atoms with Gasteiger partial charge >= 0.3 is 0 Å². The highest BCUT2D eigenvalue weighted by atomic mass is 79.9. The van der Waals surface area contributed by atoms with Gasteiger partial charge in [0.15, 0.2) is 0 Å². The molecule has 1 aromatic rings. The van der Waals surface area contributed by atoms with Crippen molar-refractivity contribution < 1.29 is 9.59 Å². The molecule has 1 aliphatic rings. The van der Waals surface area contributed by atoms with Gasteiger partial charge < -0.3 is 10.6 Å². The van der Waals surface area contributed by atoms with Crippen molar-refractivity contribution in [3.63, 3.8) is 0 Å². The molecule has 0 aliphatic carbocycles. The summed E-state index contributed by atoms with van der Waals surface area (Å²) in [7, 11) is 0. The summed E-state index contributed by atoms with van der Waals surface area (Å²) in [6, 6.07) is 7.46. The van der Waals surface area contributed by atoms with Crippen LogP contribution in [0.5, 0.6) is 0 Å². The van der Waals surface area contributed by atoms with Gasteiger partial charge in [0.2, 0.25) is 11.8 Å². The molecule has 90 valence electrons. The first kappa shape index (κ1) is 12.1. The third kappa shape index (κ3) is 3.06. The number of halogens is 1. The topological polar surface area (TPSA) is 58.2 Å². The van der Waals surface area contributed by atoms with Gasteiger partial charge in [-0.05, 0) is 34.5 Å². The van der Waals surface area contributed by atoms with E-state index in [4.69, 9.17) is 0 Å². The number of hydrogen-bond donors (Lipinski definition) is 2.